The average Bonchev–Trinajstić information content (AvgIpc) is 2.33. The SMILES string of the molecule is CNCc1cc(-c2ccc(Cl)cc2Cl)n[nH]c1=O. The maximum atomic E-state index is 11.5. The number of nitrogens with zero attached hydrogens (tertiary/aromatic N) is 1. The van der Waals surface area contributed by atoms with Gasteiger partial charge in [0, 0.05) is 22.7 Å². The Hall–Kier alpha value is -1.36. The van der Waals surface area contributed by atoms with Gasteiger partial charge in [-0.05, 0) is 31.3 Å². The van der Waals surface area contributed by atoms with Gasteiger partial charge >= 0.3 is 0 Å². The van der Waals surface area contributed by atoms with Gasteiger partial charge in [0.15, 0.2) is 0 Å². The molecule has 0 unspecified atom stereocenters. The molecule has 2 rings (SSSR count). The number of halogens is 2. The van der Waals surface area contributed by atoms with Crippen molar-refractivity contribution in [3.63, 3.8) is 0 Å². The van der Waals surface area contributed by atoms with Gasteiger partial charge in [-0.25, -0.2) is 5.10 Å². The molecular weight excluding hydrogens is 273 g/mol. The zero-order valence-electron chi connectivity index (χ0n) is 9.63. The number of nitrogens with one attached hydrogen (secondary N) is 2. The Morgan fingerprint density at radius 2 is 2.11 bits per heavy atom. The van der Waals surface area contributed by atoms with E-state index in [1.165, 1.54) is 0 Å². The molecule has 0 aliphatic heterocycles. The fourth-order valence-corrected chi connectivity index (χ4v) is 2.11. The summed E-state index contributed by atoms with van der Waals surface area (Å²) in [6.07, 6.45) is 0. The van der Waals surface area contributed by atoms with Crippen LogP contribution in [0, 0.1) is 0 Å². The lowest BCUT2D eigenvalue weighted by atomic mass is 10.1. The summed E-state index contributed by atoms with van der Waals surface area (Å²) in [6.45, 7) is 0.468. The zero-order valence-corrected chi connectivity index (χ0v) is 11.1. The third-order valence-corrected chi connectivity index (χ3v) is 3.00. The lowest BCUT2D eigenvalue weighted by Gasteiger charge is -2.05. The minimum atomic E-state index is -0.210. The number of H-pyrrole nitrogens is 1. The third kappa shape index (κ3) is 2.72. The van der Waals surface area contributed by atoms with E-state index in [0.29, 0.717) is 27.8 Å². The predicted molar refractivity (Wildman–Crippen MR) is 73.1 cm³/mol. The molecular formula is C12H11Cl2N3O. The van der Waals surface area contributed by atoms with E-state index < -0.39 is 0 Å². The summed E-state index contributed by atoms with van der Waals surface area (Å²) in [5.74, 6) is 0. The first-order valence-corrected chi connectivity index (χ1v) is 6.06. The Labute approximate surface area is 114 Å². The maximum absolute atomic E-state index is 11.5. The molecule has 6 heteroatoms. The second-order valence-corrected chi connectivity index (χ2v) is 4.61. The molecule has 0 bridgehead atoms. The van der Waals surface area contributed by atoms with Gasteiger partial charge < -0.3 is 5.32 Å². The number of aromatic amines is 1. The van der Waals surface area contributed by atoms with Gasteiger partial charge in [0.05, 0.1) is 10.7 Å². The van der Waals surface area contributed by atoms with Crippen LogP contribution >= 0.6 is 23.2 Å². The molecule has 0 amide bonds. The fourth-order valence-electron chi connectivity index (χ4n) is 1.60. The molecule has 1 aromatic heterocycles. The molecule has 1 aromatic carbocycles. The molecule has 0 fully saturated rings. The van der Waals surface area contributed by atoms with Crippen LogP contribution in [-0.4, -0.2) is 17.2 Å². The van der Waals surface area contributed by atoms with Crippen LogP contribution in [0.15, 0.2) is 29.1 Å². The van der Waals surface area contributed by atoms with E-state index in [0.717, 1.165) is 5.56 Å². The van der Waals surface area contributed by atoms with Gasteiger partial charge in [-0.3, -0.25) is 4.79 Å². The fraction of sp³-hybridized carbons (Fsp3) is 0.167. The molecule has 2 N–H and O–H groups in total. The zero-order chi connectivity index (χ0) is 13.1. The van der Waals surface area contributed by atoms with Gasteiger partial charge in [-0.2, -0.15) is 5.10 Å². The van der Waals surface area contributed by atoms with E-state index in [1.54, 1.807) is 31.3 Å². The molecule has 0 aliphatic rings. The molecule has 0 atom stereocenters. The molecule has 0 saturated heterocycles. The molecule has 18 heavy (non-hydrogen) atoms. The summed E-state index contributed by atoms with van der Waals surface area (Å²) in [5.41, 5.74) is 1.74. The van der Waals surface area contributed by atoms with Gasteiger partial charge in [0.2, 0.25) is 0 Å². The highest BCUT2D eigenvalue weighted by atomic mass is 35.5. The summed E-state index contributed by atoms with van der Waals surface area (Å²) in [7, 11) is 1.77. The first kappa shape index (κ1) is 13.1. The van der Waals surface area contributed by atoms with Crippen molar-refractivity contribution >= 4 is 23.2 Å². The van der Waals surface area contributed by atoms with Crippen LogP contribution < -0.4 is 10.9 Å². The van der Waals surface area contributed by atoms with Crippen molar-refractivity contribution in [2.24, 2.45) is 0 Å². The van der Waals surface area contributed by atoms with E-state index in [-0.39, 0.29) is 5.56 Å². The van der Waals surface area contributed by atoms with Crippen molar-refractivity contribution in [1.82, 2.24) is 15.5 Å². The highest BCUT2D eigenvalue weighted by Gasteiger charge is 2.08. The number of benzene rings is 1. The molecule has 0 saturated carbocycles. The van der Waals surface area contributed by atoms with Gasteiger partial charge in [0.1, 0.15) is 0 Å². The quantitative estimate of drug-likeness (QED) is 0.910. The normalized spacial score (nSPS) is 10.6. The maximum Gasteiger partial charge on any atom is 0.268 e. The van der Waals surface area contributed by atoms with Crippen LogP contribution in [0.1, 0.15) is 5.56 Å². The number of rotatable bonds is 3. The second kappa shape index (κ2) is 5.52. The number of hydrogen-bond acceptors (Lipinski definition) is 3. The third-order valence-electron chi connectivity index (χ3n) is 2.45. The Kier molecular flexibility index (Phi) is 4.01. The number of hydrogen-bond donors (Lipinski definition) is 2. The Morgan fingerprint density at radius 1 is 1.33 bits per heavy atom. The van der Waals surface area contributed by atoms with Gasteiger partial charge in [-0.15, -0.1) is 0 Å². The summed E-state index contributed by atoms with van der Waals surface area (Å²) in [4.78, 5) is 11.5. The van der Waals surface area contributed by atoms with Crippen molar-refractivity contribution in [2.75, 3.05) is 7.05 Å². The van der Waals surface area contributed by atoms with E-state index in [2.05, 4.69) is 15.5 Å². The first-order valence-electron chi connectivity index (χ1n) is 5.30. The van der Waals surface area contributed by atoms with Crippen LogP contribution in [0.4, 0.5) is 0 Å². The van der Waals surface area contributed by atoms with E-state index >= 15 is 0 Å². The number of aromatic nitrogens is 2. The van der Waals surface area contributed by atoms with Crippen LogP contribution in [0.3, 0.4) is 0 Å². The molecule has 1 heterocycles. The van der Waals surface area contributed by atoms with Gasteiger partial charge in [-0.1, -0.05) is 23.2 Å². The van der Waals surface area contributed by atoms with Crippen molar-refractivity contribution in [3.05, 3.63) is 50.2 Å². The molecule has 0 radical (unpaired) electrons. The van der Waals surface area contributed by atoms with Crippen LogP contribution in [0.5, 0.6) is 0 Å². The van der Waals surface area contributed by atoms with Crippen molar-refractivity contribution < 1.29 is 0 Å². The predicted octanol–water partition coefficient (Wildman–Crippen LogP) is 2.46. The molecule has 0 aliphatic carbocycles. The first-order chi connectivity index (χ1) is 8.61. The van der Waals surface area contributed by atoms with Gasteiger partial charge in [0.25, 0.3) is 5.56 Å². The van der Waals surface area contributed by atoms with Crippen LogP contribution in [-0.2, 0) is 6.54 Å². The standard InChI is InChI=1S/C12H11Cl2N3O/c1-15-6-7-4-11(16-17-12(7)18)9-3-2-8(13)5-10(9)14/h2-5,15H,6H2,1H3,(H,17,18). The van der Waals surface area contributed by atoms with E-state index in [1.807, 2.05) is 0 Å². The van der Waals surface area contributed by atoms with Crippen LogP contribution in [0.25, 0.3) is 11.3 Å². The van der Waals surface area contributed by atoms with Crippen molar-refractivity contribution in [2.45, 2.75) is 6.54 Å². The Bertz CT molecular complexity index is 625. The lowest BCUT2D eigenvalue weighted by Crippen LogP contribution is -2.19. The summed E-state index contributed by atoms with van der Waals surface area (Å²) < 4.78 is 0. The highest BCUT2D eigenvalue weighted by Crippen LogP contribution is 2.28. The monoisotopic (exact) mass is 283 g/mol. The lowest BCUT2D eigenvalue weighted by molar-refractivity contribution is 0.794. The summed E-state index contributed by atoms with van der Waals surface area (Å²) in [5, 5.41) is 10.4. The summed E-state index contributed by atoms with van der Waals surface area (Å²) in [6, 6.07) is 6.86. The Morgan fingerprint density at radius 3 is 2.78 bits per heavy atom. The molecule has 2 aromatic rings. The smallest absolute Gasteiger partial charge is 0.268 e. The molecule has 4 nitrogen and oxygen atoms in total. The largest absolute Gasteiger partial charge is 0.315 e. The summed E-state index contributed by atoms with van der Waals surface area (Å²) >= 11 is 11.9. The second-order valence-electron chi connectivity index (χ2n) is 3.76. The minimum Gasteiger partial charge on any atom is -0.315 e. The highest BCUT2D eigenvalue weighted by molar-refractivity contribution is 6.36. The molecule has 94 valence electrons. The van der Waals surface area contributed by atoms with E-state index in [4.69, 9.17) is 23.2 Å². The Balaban J connectivity index is 2.50. The minimum absolute atomic E-state index is 0.210. The van der Waals surface area contributed by atoms with E-state index in [9.17, 15) is 4.79 Å². The van der Waals surface area contributed by atoms with Crippen molar-refractivity contribution in [3.8, 4) is 11.3 Å². The van der Waals surface area contributed by atoms with Crippen LogP contribution in [0.2, 0.25) is 10.0 Å². The topological polar surface area (TPSA) is 57.8 Å². The average molecular weight is 284 g/mol. The molecule has 0 spiro atoms. The van der Waals surface area contributed by atoms with Crippen molar-refractivity contribution in [1.29, 1.82) is 0 Å².